The number of aliphatic hydroxyl groups is 1. The number of carboxylic acids is 1. The Morgan fingerprint density at radius 2 is 1.30 bits per heavy atom. The minimum atomic E-state index is -1.01. The Hall–Kier alpha value is -7.44. The molecule has 54 heavy (non-hydrogen) atoms. The molecule has 0 unspecified atom stereocenters. The summed E-state index contributed by atoms with van der Waals surface area (Å²) in [5, 5.41) is 40.4. The van der Waals surface area contributed by atoms with Gasteiger partial charge in [0.2, 0.25) is 0 Å². The number of aromatic nitrogens is 8. The Morgan fingerprint density at radius 3 is 2.02 bits per heavy atom. The Bertz CT molecular complexity index is 3080. The van der Waals surface area contributed by atoms with Gasteiger partial charge >= 0.3 is 5.97 Å². The first-order chi connectivity index (χ1) is 26.4. The van der Waals surface area contributed by atoms with Crippen molar-refractivity contribution < 1.29 is 19.4 Å². The maximum atomic E-state index is 14.6. The molecule has 3 N–H and O–H groups in total. The Balaban J connectivity index is 1.08. The van der Waals surface area contributed by atoms with Crippen molar-refractivity contribution in [2.24, 2.45) is 0 Å². The molecule has 0 saturated carbocycles. The second-order valence-electron chi connectivity index (χ2n) is 13.0. The van der Waals surface area contributed by atoms with Crippen molar-refractivity contribution in [1.29, 1.82) is 0 Å². The minimum absolute atomic E-state index is 0.128. The van der Waals surface area contributed by atoms with E-state index in [4.69, 9.17) is 0 Å². The lowest BCUT2D eigenvalue weighted by Gasteiger charge is -2.12. The zero-order chi connectivity index (χ0) is 36.5. The molecule has 0 amide bonds. The van der Waals surface area contributed by atoms with E-state index in [2.05, 4.69) is 31.7 Å². The van der Waals surface area contributed by atoms with Crippen LogP contribution in [-0.2, 0) is 6.73 Å². The molecule has 10 aromatic rings. The van der Waals surface area contributed by atoms with Crippen molar-refractivity contribution in [1.82, 2.24) is 39.5 Å². The number of nitrogens with zero attached hydrogens (tertiary/aromatic N) is 7. The van der Waals surface area contributed by atoms with E-state index in [-0.39, 0.29) is 18.1 Å². The van der Waals surface area contributed by atoms with E-state index in [1.165, 1.54) is 12.1 Å². The fourth-order valence-electron chi connectivity index (χ4n) is 7.48. The van der Waals surface area contributed by atoms with Gasteiger partial charge in [-0.05, 0) is 72.3 Å². The molecule has 12 heteroatoms. The number of aliphatic hydroxyl groups excluding tert-OH is 1. The molecule has 4 aromatic heterocycles. The molecule has 6 aromatic carbocycles. The molecular formula is C42H27FN8O3. The predicted molar refractivity (Wildman–Crippen MR) is 204 cm³/mol. The summed E-state index contributed by atoms with van der Waals surface area (Å²) in [5.41, 5.74) is 10.1. The van der Waals surface area contributed by atoms with Crippen LogP contribution < -0.4 is 0 Å². The second-order valence-corrected chi connectivity index (χ2v) is 13.0. The molecule has 0 fully saturated rings. The molecule has 11 nitrogen and oxygen atoms in total. The molecule has 0 radical (unpaired) electrons. The van der Waals surface area contributed by atoms with Crippen molar-refractivity contribution in [3.8, 4) is 45.0 Å². The van der Waals surface area contributed by atoms with Crippen molar-refractivity contribution in [2.75, 3.05) is 0 Å². The molecule has 0 bridgehead atoms. The number of aromatic carboxylic acids is 1. The van der Waals surface area contributed by atoms with Crippen LogP contribution in [-0.4, -0.2) is 55.7 Å². The summed E-state index contributed by atoms with van der Waals surface area (Å²) in [4.78, 5) is 15.0. The van der Waals surface area contributed by atoms with Crippen molar-refractivity contribution in [3.63, 3.8) is 0 Å². The average Bonchev–Trinajstić information content (AvgIpc) is 4.02. The lowest BCUT2D eigenvalue weighted by atomic mass is 9.99. The van der Waals surface area contributed by atoms with Crippen LogP contribution >= 0.6 is 0 Å². The summed E-state index contributed by atoms with van der Waals surface area (Å²) in [6.45, 7) is -0.128. The summed E-state index contributed by atoms with van der Waals surface area (Å²) in [5.74, 6) is -1.35. The fraction of sp³-hybridized carbons (Fsp3) is 0.0238. The number of carboxylic acid groups (broad SMARTS) is 1. The van der Waals surface area contributed by atoms with Gasteiger partial charge in [0, 0.05) is 43.8 Å². The molecule has 0 spiro atoms. The van der Waals surface area contributed by atoms with Crippen molar-refractivity contribution >= 4 is 49.6 Å². The zero-order valence-electron chi connectivity index (χ0n) is 28.2. The lowest BCUT2D eigenvalue weighted by Crippen LogP contribution is -2.01. The summed E-state index contributed by atoms with van der Waals surface area (Å²) in [6.07, 6.45) is 3.36. The smallest absolute Gasteiger partial charge is 0.335 e. The van der Waals surface area contributed by atoms with Crippen LogP contribution in [0.15, 0.2) is 134 Å². The number of para-hydroxylation sites is 1. The zero-order valence-corrected chi connectivity index (χ0v) is 28.2. The van der Waals surface area contributed by atoms with Gasteiger partial charge in [-0.15, -0.1) is 10.2 Å². The Morgan fingerprint density at radius 1 is 0.648 bits per heavy atom. The number of hydrogen-bond donors (Lipinski definition) is 3. The third kappa shape index (κ3) is 4.89. The minimum Gasteiger partial charge on any atom is -0.478 e. The van der Waals surface area contributed by atoms with Crippen LogP contribution in [0, 0.1) is 5.82 Å². The van der Waals surface area contributed by atoms with E-state index in [1.807, 2.05) is 77.4 Å². The second kappa shape index (κ2) is 12.1. The van der Waals surface area contributed by atoms with Gasteiger partial charge in [-0.2, -0.15) is 0 Å². The molecule has 0 saturated heterocycles. The largest absolute Gasteiger partial charge is 0.478 e. The van der Waals surface area contributed by atoms with E-state index in [0.29, 0.717) is 11.4 Å². The number of carbonyl (C=O) groups is 1. The normalized spacial score (nSPS) is 11.7. The van der Waals surface area contributed by atoms with Crippen LogP contribution in [0.25, 0.3) is 88.6 Å². The molecule has 0 aliphatic heterocycles. The number of halogens is 1. The lowest BCUT2D eigenvalue weighted by molar-refractivity contribution is 0.0697. The maximum absolute atomic E-state index is 14.6. The van der Waals surface area contributed by atoms with Gasteiger partial charge in [-0.25, -0.2) is 18.5 Å². The van der Waals surface area contributed by atoms with E-state index in [1.54, 1.807) is 52.1 Å². The third-order valence-corrected chi connectivity index (χ3v) is 10.1. The first-order valence-electron chi connectivity index (χ1n) is 17.1. The van der Waals surface area contributed by atoms with Gasteiger partial charge in [-0.1, -0.05) is 65.0 Å². The number of fused-ring (bicyclic) bond motifs is 6. The van der Waals surface area contributed by atoms with Gasteiger partial charge in [0.25, 0.3) is 0 Å². The quantitative estimate of drug-likeness (QED) is 0.151. The number of hydrogen-bond acceptors (Lipinski definition) is 6. The number of aromatic amines is 1. The van der Waals surface area contributed by atoms with Crippen molar-refractivity contribution in [2.45, 2.75) is 6.73 Å². The van der Waals surface area contributed by atoms with Gasteiger partial charge in [0.05, 0.1) is 57.3 Å². The third-order valence-electron chi connectivity index (χ3n) is 10.1. The van der Waals surface area contributed by atoms with Crippen LogP contribution in [0.2, 0.25) is 0 Å². The molecular weight excluding hydrogens is 684 g/mol. The number of rotatable bonds is 7. The first kappa shape index (κ1) is 31.3. The average molecular weight is 711 g/mol. The van der Waals surface area contributed by atoms with Gasteiger partial charge < -0.3 is 19.8 Å². The summed E-state index contributed by atoms with van der Waals surface area (Å²) >= 11 is 0. The monoisotopic (exact) mass is 710 g/mol. The summed E-state index contributed by atoms with van der Waals surface area (Å²) < 4.78 is 20.0. The molecule has 10 rings (SSSR count). The number of benzene rings is 6. The molecule has 0 aliphatic rings. The number of nitrogens with one attached hydrogen (secondary N) is 1. The van der Waals surface area contributed by atoms with E-state index in [0.717, 1.165) is 77.2 Å². The van der Waals surface area contributed by atoms with Crippen LogP contribution in [0.3, 0.4) is 0 Å². The number of H-pyrrole nitrogens is 1. The highest BCUT2D eigenvalue weighted by atomic mass is 19.1. The van der Waals surface area contributed by atoms with E-state index in [9.17, 15) is 19.4 Å². The highest BCUT2D eigenvalue weighted by Gasteiger charge is 2.18. The van der Waals surface area contributed by atoms with E-state index < -0.39 is 5.97 Å². The van der Waals surface area contributed by atoms with Gasteiger partial charge in [0.1, 0.15) is 12.5 Å². The Kier molecular flexibility index (Phi) is 7.00. The van der Waals surface area contributed by atoms with Crippen LogP contribution in [0.4, 0.5) is 4.39 Å². The summed E-state index contributed by atoms with van der Waals surface area (Å²) in [7, 11) is 0. The molecule has 4 heterocycles. The van der Waals surface area contributed by atoms with Gasteiger partial charge in [0.15, 0.2) is 0 Å². The Labute approximate surface area is 304 Å². The van der Waals surface area contributed by atoms with Crippen LogP contribution in [0.5, 0.6) is 0 Å². The fourth-order valence-corrected chi connectivity index (χ4v) is 7.48. The topological polar surface area (TPSA) is 140 Å². The highest BCUT2D eigenvalue weighted by molar-refractivity contribution is 6.13. The first-order valence-corrected chi connectivity index (χ1v) is 17.1. The van der Waals surface area contributed by atoms with E-state index >= 15 is 0 Å². The summed E-state index contributed by atoms with van der Waals surface area (Å²) in [6, 6.07) is 37.3. The van der Waals surface area contributed by atoms with Crippen LogP contribution in [0.1, 0.15) is 10.4 Å². The predicted octanol–water partition coefficient (Wildman–Crippen LogP) is 8.38. The standard InChI is InChI=1S/C42H27FN8O3/c43-28-13-15-36-33(17-28)35-20-30(51-40(22-45-48-51)26-9-11-27(12-10-26)42(53)54)19-32(41(35)46-36)24-5-7-25(8-6-24)39-21-44-47-50(39)29-14-16-38-34(18-29)31-3-1-2-4-37(31)49(38)23-52/h1-22,46,52H,23H2,(H,53,54). The molecule has 260 valence electrons. The maximum Gasteiger partial charge on any atom is 0.335 e. The molecule has 0 atom stereocenters. The van der Waals surface area contributed by atoms with Crippen molar-refractivity contribution in [3.05, 3.63) is 145 Å². The molecule has 0 aliphatic carbocycles. The highest BCUT2D eigenvalue weighted by Crippen LogP contribution is 2.38. The van der Waals surface area contributed by atoms with Gasteiger partial charge in [-0.3, -0.25) is 0 Å². The SMILES string of the molecule is O=C(O)c1ccc(-c2cnnn2-c2cc(-c3ccc(-c4cnnn4-c4ccc5c(c4)c4ccccc4n5CO)cc3)c3[nH]c4ccc(F)cc4c3c2)cc1.